The van der Waals surface area contributed by atoms with Crippen molar-refractivity contribution >= 4 is 0 Å². The topological polar surface area (TPSA) is 35.5 Å². The molecule has 0 saturated carbocycles. The van der Waals surface area contributed by atoms with Gasteiger partial charge in [0.2, 0.25) is 0 Å². The van der Waals surface area contributed by atoms with Crippen LogP contribution in [0.1, 0.15) is 34.6 Å². The molecule has 0 fully saturated rings. The minimum atomic E-state index is -2.36. The van der Waals surface area contributed by atoms with Crippen molar-refractivity contribution in [3.05, 3.63) is 0 Å². The fourth-order valence-electron chi connectivity index (χ4n) is 1.74. The van der Waals surface area contributed by atoms with E-state index in [9.17, 15) is 8.78 Å². The molecule has 0 rings (SSSR count). The van der Waals surface area contributed by atoms with E-state index in [1.54, 1.807) is 4.90 Å². The molecule has 0 amide bonds. The van der Waals surface area contributed by atoms with Gasteiger partial charge in [0, 0.05) is 25.2 Å². The first-order valence-electron chi connectivity index (χ1n) is 6.42. The quantitative estimate of drug-likeness (QED) is 0.705. The van der Waals surface area contributed by atoms with Crippen LogP contribution >= 0.6 is 0 Å². The van der Waals surface area contributed by atoms with Crippen LogP contribution in [0.3, 0.4) is 0 Å². The molecule has 0 spiro atoms. The average molecular weight is 266 g/mol. The number of halogens is 2. The zero-order chi connectivity index (χ0) is 14.4. The SMILES string of the molecule is CC(C)(CNC(C)(C)C)CN(CCO)CC(F)F. The highest BCUT2D eigenvalue weighted by Crippen LogP contribution is 2.18. The lowest BCUT2D eigenvalue weighted by atomic mass is 9.91. The largest absolute Gasteiger partial charge is 0.395 e. The first-order valence-corrected chi connectivity index (χ1v) is 6.42. The third kappa shape index (κ3) is 9.74. The van der Waals surface area contributed by atoms with Crippen LogP contribution < -0.4 is 5.32 Å². The maximum atomic E-state index is 12.4. The fourth-order valence-corrected chi connectivity index (χ4v) is 1.74. The Balaban J connectivity index is 4.31. The molecule has 0 heterocycles. The van der Waals surface area contributed by atoms with Crippen LogP contribution in [0.25, 0.3) is 0 Å². The van der Waals surface area contributed by atoms with Gasteiger partial charge in [-0.3, -0.25) is 4.90 Å². The fraction of sp³-hybridized carbons (Fsp3) is 1.00. The van der Waals surface area contributed by atoms with E-state index in [0.717, 1.165) is 6.54 Å². The van der Waals surface area contributed by atoms with Crippen molar-refractivity contribution in [2.75, 3.05) is 32.8 Å². The summed E-state index contributed by atoms with van der Waals surface area (Å²) in [4.78, 5) is 1.62. The Kier molecular flexibility index (Phi) is 7.25. The highest BCUT2D eigenvalue weighted by Gasteiger charge is 2.25. The van der Waals surface area contributed by atoms with Gasteiger partial charge in [-0.1, -0.05) is 13.8 Å². The lowest BCUT2D eigenvalue weighted by molar-refractivity contribution is 0.0566. The van der Waals surface area contributed by atoms with E-state index in [2.05, 4.69) is 26.1 Å². The maximum absolute atomic E-state index is 12.4. The van der Waals surface area contributed by atoms with Gasteiger partial charge in [0.25, 0.3) is 6.43 Å². The summed E-state index contributed by atoms with van der Waals surface area (Å²) in [6, 6.07) is 0. The van der Waals surface area contributed by atoms with Crippen LogP contribution in [0.15, 0.2) is 0 Å². The Hall–Kier alpha value is -0.260. The van der Waals surface area contributed by atoms with Crippen LogP contribution in [-0.4, -0.2) is 54.8 Å². The van der Waals surface area contributed by atoms with E-state index in [-0.39, 0.29) is 24.1 Å². The van der Waals surface area contributed by atoms with Gasteiger partial charge in [-0.2, -0.15) is 0 Å². The summed E-state index contributed by atoms with van der Waals surface area (Å²) < 4.78 is 24.8. The molecule has 0 aromatic heterocycles. The number of hydrogen-bond donors (Lipinski definition) is 2. The number of rotatable bonds is 8. The zero-order valence-corrected chi connectivity index (χ0v) is 12.3. The second-order valence-electron chi connectivity index (χ2n) is 6.62. The smallest absolute Gasteiger partial charge is 0.251 e. The van der Waals surface area contributed by atoms with E-state index in [1.165, 1.54) is 0 Å². The average Bonchev–Trinajstić information content (AvgIpc) is 2.12. The molecule has 18 heavy (non-hydrogen) atoms. The van der Waals surface area contributed by atoms with Gasteiger partial charge in [-0.05, 0) is 26.2 Å². The molecule has 0 aliphatic rings. The highest BCUT2D eigenvalue weighted by atomic mass is 19.3. The Labute approximate surface area is 110 Å². The van der Waals surface area contributed by atoms with Crippen molar-refractivity contribution in [1.29, 1.82) is 0 Å². The number of nitrogens with one attached hydrogen (secondary N) is 1. The summed E-state index contributed by atoms with van der Waals surface area (Å²) in [7, 11) is 0. The zero-order valence-electron chi connectivity index (χ0n) is 12.3. The van der Waals surface area contributed by atoms with Gasteiger partial charge >= 0.3 is 0 Å². The van der Waals surface area contributed by atoms with Crippen LogP contribution in [0.4, 0.5) is 8.78 Å². The number of aliphatic hydroxyl groups is 1. The molecule has 110 valence electrons. The summed E-state index contributed by atoms with van der Waals surface area (Å²) in [5.74, 6) is 0. The minimum absolute atomic E-state index is 0.0157. The van der Waals surface area contributed by atoms with Crippen molar-refractivity contribution in [2.24, 2.45) is 5.41 Å². The molecule has 0 atom stereocenters. The number of hydrogen-bond acceptors (Lipinski definition) is 3. The predicted molar refractivity (Wildman–Crippen MR) is 71.1 cm³/mol. The molecular formula is C13H28F2N2O. The van der Waals surface area contributed by atoms with Crippen molar-refractivity contribution in [3.63, 3.8) is 0 Å². The third-order valence-electron chi connectivity index (χ3n) is 2.56. The van der Waals surface area contributed by atoms with E-state index < -0.39 is 6.43 Å². The molecule has 2 N–H and O–H groups in total. The molecule has 5 heteroatoms. The van der Waals surface area contributed by atoms with Crippen LogP contribution in [0.5, 0.6) is 0 Å². The lowest BCUT2D eigenvalue weighted by Crippen LogP contribution is -2.47. The van der Waals surface area contributed by atoms with Crippen molar-refractivity contribution < 1.29 is 13.9 Å². The molecule has 0 saturated heterocycles. The Morgan fingerprint density at radius 3 is 2.11 bits per heavy atom. The van der Waals surface area contributed by atoms with Crippen LogP contribution in [0.2, 0.25) is 0 Å². The second-order valence-corrected chi connectivity index (χ2v) is 6.62. The van der Waals surface area contributed by atoms with Crippen LogP contribution in [0, 0.1) is 5.41 Å². The first-order chi connectivity index (χ1) is 8.06. The molecule has 0 aromatic carbocycles. The van der Waals surface area contributed by atoms with Gasteiger partial charge < -0.3 is 10.4 Å². The predicted octanol–water partition coefficient (Wildman–Crippen LogP) is 1.96. The lowest BCUT2D eigenvalue weighted by Gasteiger charge is -2.35. The highest BCUT2D eigenvalue weighted by molar-refractivity contribution is 4.81. The van der Waals surface area contributed by atoms with Crippen molar-refractivity contribution in [2.45, 2.75) is 46.6 Å². The van der Waals surface area contributed by atoms with E-state index in [0.29, 0.717) is 13.1 Å². The van der Waals surface area contributed by atoms with E-state index >= 15 is 0 Å². The minimum Gasteiger partial charge on any atom is -0.395 e. The molecular weight excluding hydrogens is 238 g/mol. The Morgan fingerprint density at radius 2 is 1.72 bits per heavy atom. The first kappa shape index (κ1) is 17.7. The third-order valence-corrected chi connectivity index (χ3v) is 2.56. The van der Waals surface area contributed by atoms with E-state index in [1.807, 2.05) is 13.8 Å². The van der Waals surface area contributed by atoms with Gasteiger partial charge in [-0.15, -0.1) is 0 Å². The normalized spacial score (nSPS) is 13.7. The molecule has 3 nitrogen and oxygen atoms in total. The molecule has 0 aromatic rings. The Bertz CT molecular complexity index is 228. The van der Waals surface area contributed by atoms with Gasteiger partial charge in [0.05, 0.1) is 13.2 Å². The summed E-state index contributed by atoms with van der Waals surface area (Å²) in [5.41, 5.74) is -0.0981. The summed E-state index contributed by atoms with van der Waals surface area (Å²) in [5, 5.41) is 12.3. The van der Waals surface area contributed by atoms with Crippen molar-refractivity contribution in [1.82, 2.24) is 10.2 Å². The maximum Gasteiger partial charge on any atom is 0.251 e. The Morgan fingerprint density at radius 1 is 1.17 bits per heavy atom. The summed E-state index contributed by atoms with van der Waals surface area (Å²) >= 11 is 0. The molecule has 0 bridgehead atoms. The number of aliphatic hydroxyl groups excluding tert-OH is 1. The molecule has 0 radical (unpaired) electrons. The summed E-state index contributed by atoms with van der Waals surface area (Å²) in [6.45, 7) is 11.5. The van der Waals surface area contributed by atoms with Gasteiger partial charge in [0.15, 0.2) is 0 Å². The number of alkyl halides is 2. The van der Waals surface area contributed by atoms with Gasteiger partial charge in [0.1, 0.15) is 0 Å². The molecule has 0 aliphatic heterocycles. The van der Waals surface area contributed by atoms with Gasteiger partial charge in [-0.25, -0.2) is 8.78 Å². The molecule has 0 unspecified atom stereocenters. The van der Waals surface area contributed by atoms with Crippen LogP contribution in [-0.2, 0) is 0 Å². The molecule has 0 aliphatic carbocycles. The second kappa shape index (κ2) is 7.36. The summed E-state index contributed by atoms with van der Waals surface area (Å²) in [6.07, 6.45) is -2.36. The number of nitrogens with zero attached hydrogens (tertiary/aromatic N) is 1. The standard InChI is InChI=1S/C13H28F2N2O/c1-12(2,3)16-9-13(4,5)10-17(6-7-18)8-11(14)15/h11,16,18H,6-10H2,1-5H3. The van der Waals surface area contributed by atoms with E-state index in [4.69, 9.17) is 5.11 Å². The van der Waals surface area contributed by atoms with Crippen molar-refractivity contribution in [3.8, 4) is 0 Å². The monoisotopic (exact) mass is 266 g/mol.